The number of benzene rings is 2. The van der Waals surface area contributed by atoms with E-state index in [1.807, 2.05) is 31.2 Å². The van der Waals surface area contributed by atoms with Crippen molar-refractivity contribution < 1.29 is 23.8 Å². The van der Waals surface area contributed by atoms with Crippen molar-refractivity contribution in [3.63, 3.8) is 0 Å². The molecule has 2 aromatic carbocycles. The molecule has 0 radical (unpaired) electrons. The standard InChI is InChI=1S/C23H27N3O5/c1-17-2-5-19(6-3-17)30-15-22(27)24-18-4-7-21-20(14-18)26(23(28)16-31-21)9-8-25-10-12-29-13-11-25/h2-7,14H,8-13,15-16H2,1H3,(H,24,27). The van der Waals surface area contributed by atoms with Gasteiger partial charge in [0.05, 0.1) is 18.9 Å². The van der Waals surface area contributed by atoms with Crippen LogP contribution in [0.5, 0.6) is 11.5 Å². The monoisotopic (exact) mass is 425 g/mol. The molecule has 8 heteroatoms. The van der Waals surface area contributed by atoms with Gasteiger partial charge in [0.25, 0.3) is 11.8 Å². The molecule has 0 bridgehead atoms. The summed E-state index contributed by atoms with van der Waals surface area (Å²) in [4.78, 5) is 28.8. The Balaban J connectivity index is 1.38. The highest BCUT2D eigenvalue weighted by molar-refractivity contribution is 5.99. The van der Waals surface area contributed by atoms with Gasteiger partial charge in [0.1, 0.15) is 11.5 Å². The molecule has 0 aliphatic carbocycles. The van der Waals surface area contributed by atoms with Crippen molar-refractivity contribution in [1.82, 2.24) is 4.90 Å². The number of rotatable bonds is 7. The molecule has 0 saturated carbocycles. The van der Waals surface area contributed by atoms with E-state index in [-0.39, 0.29) is 25.0 Å². The number of ether oxygens (including phenoxy) is 3. The van der Waals surface area contributed by atoms with E-state index in [4.69, 9.17) is 14.2 Å². The van der Waals surface area contributed by atoms with Crippen LogP contribution in [-0.2, 0) is 14.3 Å². The number of amides is 2. The van der Waals surface area contributed by atoms with E-state index in [9.17, 15) is 9.59 Å². The Bertz CT molecular complexity index is 925. The minimum atomic E-state index is -0.275. The minimum absolute atomic E-state index is 0.0200. The zero-order chi connectivity index (χ0) is 21.6. The third-order valence-electron chi connectivity index (χ3n) is 5.32. The second-order valence-electron chi connectivity index (χ2n) is 7.62. The van der Waals surface area contributed by atoms with Gasteiger partial charge in [-0.05, 0) is 37.3 Å². The number of carbonyl (C=O) groups excluding carboxylic acids is 2. The first-order chi connectivity index (χ1) is 15.1. The summed E-state index contributed by atoms with van der Waals surface area (Å²) < 4.78 is 16.5. The van der Waals surface area contributed by atoms with Gasteiger partial charge in [-0.25, -0.2) is 0 Å². The van der Waals surface area contributed by atoms with Crippen LogP contribution < -0.4 is 19.7 Å². The second kappa shape index (κ2) is 9.80. The molecule has 2 heterocycles. The third kappa shape index (κ3) is 5.53. The predicted octanol–water partition coefficient (Wildman–Crippen LogP) is 2.07. The predicted molar refractivity (Wildman–Crippen MR) is 117 cm³/mol. The molecule has 0 unspecified atom stereocenters. The van der Waals surface area contributed by atoms with E-state index >= 15 is 0 Å². The summed E-state index contributed by atoms with van der Waals surface area (Å²) >= 11 is 0. The first-order valence-electron chi connectivity index (χ1n) is 10.4. The highest BCUT2D eigenvalue weighted by Gasteiger charge is 2.26. The maximum atomic E-state index is 12.5. The van der Waals surface area contributed by atoms with E-state index in [2.05, 4.69) is 10.2 Å². The maximum Gasteiger partial charge on any atom is 0.265 e. The van der Waals surface area contributed by atoms with Crippen molar-refractivity contribution in [2.45, 2.75) is 6.92 Å². The number of aryl methyl sites for hydroxylation is 1. The van der Waals surface area contributed by atoms with Gasteiger partial charge < -0.3 is 24.4 Å². The van der Waals surface area contributed by atoms with Gasteiger partial charge in [-0.3, -0.25) is 14.5 Å². The van der Waals surface area contributed by atoms with Gasteiger partial charge in [-0.15, -0.1) is 0 Å². The van der Waals surface area contributed by atoms with Crippen LogP contribution in [0.15, 0.2) is 42.5 Å². The van der Waals surface area contributed by atoms with Gasteiger partial charge in [0.15, 0.2) is 13.2 Å². The second-order valence-corrected chi connectivity index (χ2v) is 7.62. The van der Waals surface area contributed by atoms with Crippen molar-refractivity contribution in [3.05, 3.63) is 48.0 Å². The van der Waals surface area contributed by atoms with E-state index < -0.39 is 0 Å². The molecule has 31 heavy (non-hydrogen) atoms. The Morgan fingerprint density at radius 3 is 2.65 bits per heavy atom. The molecular formula is C23H27N3O5. The Morgan fingerprint density at radius 2 is 1.87 bits per heavy atom. The summed E-state index contributed by atoms with van der Waals surface area (Å²) in [7, 11) is 0. The van der Waals surface area contributed by atoms with Crippen molar-refractivity contribution in [1.29, 1.82) is 0 Å². The van der Waals surface area contributed by atoms with Crippen molar-refractivity contribution >= 4 is 23.2 Å². The molecule has 2 aliphatic rings. The fourth-order valence-corrected chi connectivity index (χ4v) is 3.57. The summed E-state index contributed by atoms with van der Waals surface area (Å²) in [5.41, 5.74) is 2.38. The number of nitrogens with one attached hydrogen (secondary N) is 1. The Kier molecular flexibility index (Phi) is 6.69. The molecule has 4 rings (SSSR count). The Hall–Kier alpha value is -3.10. The van der Waals surface area contributed by atoms with Gasteiger partial charge in [-0.1, -0.05) is 17.7 Å². The van der Waals surface area contributed by atoms with Crippen LogP contribution in [-0.4, -0.2) is 69.3 Å². The molecule has 2 aromatic rings. The van der Waals surface area contributed by atoms with Crippen molar-refractivity contribution in [2.75, 3.05) is 62.8 Å². The fraction of sp³-hybridized carbons (Fsp3) is 0.391. The average Bonchev–Trinajstić information content (AvgIpc) is 2.79. The molecule has 164 valence electrons. The molecular weight excluding hydrogens is 398 g/mol. The Morgan fingerprint density at radius 1 is 1.10 bits per heavy atom. The van der Waals surface area contributed by atoms with Gasteiger partial charge in [0, 0.05) is 31.9 Å². The van der Waals surface area contributed by atoms with Crippen LogP contribution in [0.25, 0.3) is 0 Å². The van der Waals surface area contributed by atoms with Crippen LogP contribution in [0.4, 0.5) is 11.4 Å². The lowest BCUT2D eigenvalue weighted by Gasteiger charge is -2.33. The first-order valence-corrected chi connectivity index (χ1v) is 10.4. The number of morpholine rings is 1. The quantitative estimate of drug-likeness (QED) is 0.732. The average molecular weight is 425 g/mol. The van der Waals surface area contributed by atoms with Crippen molar-refractivity contribution in [2.24, 2.45) is 0 Å². The fourth-order valence-electron chi connectivity index (χ4n) is 3.57. The SMILES string of the molecule is Cc1ccc(OCC(=O)Nc2ccc3c(c2)N(CCN2CCOCC2)C(=O)CO3)cc1. The van der Waals surface area contributed by atoms with Crippen LogP contribution in [0.1, 0.15) is 5.56 Å². The highest BCUT2D eigenvalue weighted by atomic mass is 16.5. The summed E-state index contributed by atoms with van der Waals surface area (Å²) in [5, 5.41) is 2.83. The lowest BCUT2D eigenvalue weighted by molar-refractivity contribution is -0.121. The number of anilines is 2. The molecule has 2 aliphatic heterocycles. The number of hydrogen-bond donors (Lipinski definition) is 1. The van der Waals surface area contributed by atoms with Crippen LogP contribution >= 0.6 is 0 Å². The molecule has 1 N–H and O–H groups in total. The molecule has 0 aromatic heterocycles. The molecule has 2 amide bonds. The van der Waals surface area contributed by atoms with Crippen LogP contribution in [0, 0.1) is 6.92 Å². The molecule has 0 atom stereocenters. The van der Waals surface area contributed by atoms with Gasteiger partial charge in [-0.2, -0.15) is 0 Å². The smallest absolute Gasteiger partial charge is 0.265 e. The normalized spacial score (nSPS) is 16.4. The first kappa shape index (κ1) is 21.1. The van der Waals surface area contributed by atoms with E-state index in [0.29, 0.717) is 42.6 Å². The number of fused-ring (bicyclic) bond motifs is 1. The summed E-state index contributed by atoms with van der Waals surface area (Å²) in [6.07, 6.45) is 0. The van der Waals surface area contributed by atoms with Gasteiger partial charge in [0.2, 0.25) is 0 Å². The zero-order valence-corrected chi connectivity index (χ0v) is 17.6. The minimum Gasteiger partial charge on any atom is -0.484 e. The maximum absolute atomic E-state index is 12.5. The topological polar surface area (TPSA) is 80.3 Å². The molecule has 8 nitrogen and oxygen atoms in total. The lowest BCUT2D eigenvalue weighted by atomic mass is 10.2. The van der Waals surface area contributed by atoms with E-state index in [0.717, 1.165) is 25.2 Å². The summed E-state index contributed by atoms with van der Waals surface area (Å²) in [6.45, 7) is 6.39. The summed E-state index contributed by atoms with van der Waals surface area (Å²) in [6, 6.07) is 12.8. The zero-order valence-electron chi connectivity index (χ0n) is 17.6. The van der Waals surface area contributed by atoms with Crippen molar-refractivity contribution in [3.8, 4) is 11.5 Å². The molecule has 1 saturated heterocycles. The molecule has 1 fully saturated rings. The molecule has 0 spiro atoms. The highest BCUT2D eigenvalue weighted by Crippen LogP contribution is 2.34. The summed E-state index contributed by atoms with van der Waals surface area (Å²) in [5.74, 6) is 0.908. The van der Waals surface area contributed by atoms with Gasteiger partial charge >= 0.3 is 0 Å². The van der Waals surface area contributed by atoms with Crippen LogP contribution in [0.2, 0.25) is 0 Å². The number of carbonyl (C=O) groups is 2. The lowest BCUT2D eigenvalue weighted by Crippen LogP contribution is -2.45. The number of nitrogens with zero attached hydrogens (tertiary/aromatic N) is 2. The number of hydrogen-bond acceptors (Lipinski definition) is 6. The Labute approximate surface area is 181 Å². The third-order valence-corrected chi connectivity index (χ3v) is 5.32. The largest absolute Gasteiger partial charge is 0.484 e. The van der Waals surface area contributed by atoms with E-state index in [1.165, 1.54) is 0 Å². The van der Waals surface area contributed by atoms with E-state index in [1.54, 1.807) is 23.1 Å². The van der Waals surface area contributed by atoms with Crippen LogP contribution in [0.3, 0.4) is 0 Å².